The van der Waals surface area contributed by atoms with Crippen molar-refractivity contribution in [1.29, 1.82) is 0 Å². The van der Waals surface area contributed by atoms with E-state index in [4.69, 9.17) is 16.3 Å². The van der Waals surface area contributed by atoms with Crippen LogP contribution in [0.1, 0.15) is 22.8 Å². The Morgan fingerprint density at radius 1 is 1.12 bits per heavy atom. The van der Waals surface area contributed by atoms with Gasteiger partial charge in [-0.15, -0.1) is 0 Å². The van der Waals surface area contributed by atoms with Gasteiger partial charge in [-0.2, -0.15) is 4.31 Å². The minimum atomic E-state index is -3.39. The third kappa shape index (κ3) is 4.16. The van der Waals surface area contributed by atoms with Crippen LogP contribution in [0.15, 0.2) is 48.5 Å². The van der Waals surface area contributed by atoms with E-state index in [-0.39, 0.29) is 11.9 Å². The normalized spacial score (nSPS) is 19.3. The molecule has 0 saturated carbocycles. The molecule has 1 fully saturated rings. The first-order valence-corrected chi connectivity index (χ1v) is 9.83. The summed E-state index contributed by atoms with van der Waals surface area (Å²) in [5.41, 5.74) is 2.91. The average molecular weight is 366 g/mol. The largest absolute Gasteiger partial charge is 0.371 e. The van der Waals surface area contributed by atoms with E-state index >= 15 is 0 Å². The van der Waals surface area contributed by atoms with E-state index in [1.54, 1.807) is 24.3 Å². The fraction of sp³-hybridized carbons (Fsp3) is 0.333. The molecule has 1 heterocycles. The van der Waals surface area contributed by atoms with E-state index in [1.807, 2.05) is 31.2 Å². The van der Waals surface area contributed by atoms with Crippen LogP contribution in [0.3, 0.4) is 0 Å². The lowest BCUT2D eigenvalue weighted by Gasteiger charge is -2.32. The van der Waals surface area contributed by atoms with E-state index in [1.165, 1.54) is 9.87 Å². The van der Waals surface area contributed by atoms with Gasteiger partial charge in [0.15, 0.2) is 0 Å². The highest BCUT2D eigenvalue weighted by Crippen LogP contribution is 2.25. The fourth-order valence-electron chi connectivity index (χ4n) is 2.74. The molecule has 2 aromatic rings. The Labute approximate surface area is 148 Å². The molecule has 0 radical (unpaired) electrons. The number of sulfonamides is 1. The maximum atomic E-state index is 12.7. The Morgan fingerprint density at radius 3 is 2.46 bits per heavy atom. The van der Waals surface area contributed by atoms with Gasteiger partial charge in [0, 0.05) is 18.1 Å². The molecule has 0 aromatic heterocycles. The van der Waals surface area contributed by atoms with Crippen LogP contribution in [0.25, 0.3) is 0 Å². The second-order valence-corrected chi connectivity index (χ2v) is 8.42. The molecule has 4 nitrogen and oxygen atoms in total. The molecule has 128 valence electrons. The van der Waals surface area contributed by atoms with Gasteiger partial charge < -0.3 is 4.74 Å². The number of hydrogen-bond acceptors (Lipinski definition) is 3. The number of morpholine rings is 1. The highest BCUT2D eigenvalue weighted by atomic mass is 35.5. The van der Waals surface area contributed by atoms with Gasteiger partial charge in [0.2, 0.25) is 10.0 Å². The van der Waals surface area contributed by atoms with Crippen molar-refractivity contribution in [3.8, 4) is 0 Å². The van der Waals surface area contributed by atoms with E-state index < -0.39 is 10.0 Å². The average Bonchev–Trinajstić information content (AvgIpc) is 2.58. The molecule has 0 amide bonds. The molecule has 1 atom stereocenters. The van der Waals surface area contributed by atoms with E-state index in [2.05, 4.69) is 0 Å². The zero-order valence-corrected chi connectivity index (χ0v) is 15.1. The summed E-state index contributed by atoms with van der Waals surface area (Å²) in [5, 5.41) is 0.599. The van der Waals surface area contributed by atoms with Crippen LogP contribution in [0.2, 0.25) is 5.02 Å². The summed E-state index contributed by atoms with van der Waals surface area (Å²) in [5.74, 6) is -0.0230. The summed E-state index contributed by atoms with van der Waals surface area (Å²) < 4.78 is 32.7. The van der Waals surface area contributed by atoms with Crippen molar-refractivity contribution >= 4 is 21.6 Å². The fourth-order valence-corrected chi connectivity index (χ4v) is 4.38. The number of halogens is 1. The zero-order valence-electron chi connectivity index (χ0n) is 13.5. The number of aryl methyl sites for hydroxylation is 1. The van der Waals surface area contributed by atoms with Gasteiger partial charge in [-0.05, 0) is 30.2 Å². The van der Waals surface area contributed by atoms with E-state index in [0.29, 0.717) is 24.7 Å². The van der Waals surface area contributed by atoms with Crippen LogP contribution in [0.4, 0.5) is 0 Å². The summed E-state index contributed by atoms with van der Waals surface area (Å²) in [6, 6.07) is 14.9. The third-order valence-corrected chi connectivity index (χ3v) is 6.20. The van der Waals surface area contributed by atoms with Gasteiger partial charge in [0.1, 0.15) is 0 Å². The summed E-state index contributed by atoms with van der Waals surface area (Å²) in [7, 11) is -3.39. The Hall–Kier alpha value is -1.40. The van der Waals surface area contributed by atoms with Crippen LogP contribution < -0.4 is 0 Å². The molecular weight excluding hydrogens is 346 g/mol. The molecule has 1 aliphatic rings. The molecule has 24 heavy (non-hydrogen) atoms. The van der Waals surface area contributed by atoms with Crippen LogP contribution in [-0.4, -0.2) is 32.4 Å². The molecule has 6 heteroatoms. The molecule has 0 aliphatic carbocycles. The highest BCUT2D eigenvalue weighted by Gasteiger charge is 2.30. The lowest BCUT2D eigenvalue weighted by atomic mass is 10.1. The predicted octanol–water partition coefficient (Wildman–Crippen LogP) is 3.55. The molecule has 1 aliphatic heterocycles. The number of hydrogen-bond donors (Lipinski definition) is 0. The molecule has 1 saturated heterocycles. The van der Waals surface area contributed by atoms with Crippen LogP contribution in [-0.2, 0) is 20.5 Å². The van der Waals surface area contributed by atoms with E-state index in [0.717, 1.165) is 11.1 Å². The number of benzene rings is 2. The summed E-state index contributed by atoms with van der Waals surface area (Å²) >= 11 is 5.85. The monoisotopic (exact) mass is 365 g/mol. The van der Waals surface area contributed by atoms with Gasteiger partial charge in [0.25, 0.3) is 0 Å². The molecule has 0 bridgehead atoms. The van der Waals surface area contributed by atoms with Crippen molar-refractivity contribution in [2.45, 2.75) is 18.8 Å². The maximum absolute atomic E-state index is 12.7. The summed E-state index contributed by atoms with van der Waals surface area (Å²) in [6.07, 6.45) is -0.223. The maximum Gasteiger partial charge on any atom is 0.218 e. The first kappa shape index (κ1) is 17.4. The molecule has 1 unspecified atom stereocenters. The zero-order chi connectivity index (χ0) is 17.2. The third-order valence-electron chi connectivity index (χ3n) is 4.13. The number of rotatable bonds is 4. The Kier molecular flexibility index (Phi) is 5.25. The van der Waals surface area contributed by atoms with Crippen molar-refractivity contribution < 1.29 is 13.2 Å². The molecule has 3 rings (SSSR count). The second kappa shape index (κ2) is 7.23. The second-order valence-electron chi connectivity index (χ2n) is 6.01. The minimum absolute atomic E-state index is 0.0230. The van der Waals surface area contributed by atoms with Gasteiger partial charge in [0.05, 0.1) is 18.5 Å². The van der Waals surface area contributed by atoms with E-state index in [9.17, 15) is 8.42 Å². The first-order valence-electron chi connectivity index (χ1n) is 7.84. The molecule has 2 aromatic carbocycles. The smallest absolute Gasteiger partial charge is 0.218 e. The van der Waals surface area contributed by atoms with Crippen molar-refractivity contribution in [2.24, 2.45) is 0 Å². The Bertz CT molecular complexity index is 788. The highest BCUT2D eigenvalue weighted by molar-refractivity contribution is 7.88. The summed E-state index contributed by atoms with van der Waals surface area (Å²) in [4.78, 5) is 0. The molecular formula is C18H20ClNO3S. The van der Waals surface area contributed by atoms with Crippen LogP contribution >= 0.6 is 11.6 Å². The minimum Gasteiger partial charge on any atom is -0.371 e. The van der Waals surface area contributed by atoms with Crippen LogP contribution in [0.5, 0.6) is 0 Å². The van der Waals surface area contributed by atoms with Crippen molar-refractivity contribution in [1.82, 2.24) is 4.31 Å². The quantitative estimate of drug-likeness (QED) is 0.832. The van der Waals surface area contributed by atoms with Gasteiger partial charge in [-0.1, -0.05) is 53.6 Å². The number of ether oxygens (including phenoxy) is 1. The topological polar surface area (TPSA) is 46.6 Å². The van der Waals surface area contributed by atoms with Crippen molar-refractivity contribution in [2.75, 3.05) is 19.7 Å². The Balaban J connectivity index is 1.73. The standard InChI is InChI=1S/C18H20ClNO3S/c1-14-2-6-16(7-3-14)18-12-20(10-11-23-18)24(21,22)13-15-4-8-17(19)9-5-15/h2-9,18H,10-13H2,1H3. The first-order chi connectivity index (χ1) is 11.4. The van der Waals surface area contributed by atoms with Gasteiger partial charge in [-0.25, -0.2) is 8.42 Å². The summed E-state index contributed by atoms with van der Waals surface area (Å²) in [6.45, 7) is 3.16. The number of nitrogens with zero attached hydrogens (tertiary/aromatic N) is 1. The van der Waals surface area contributed by atoms with Gasteiger partial charge >= 0.3 is 0 Å². The predicted molar refractivity (Wildman–Crippen MR) is 95.5 cm³/mol. The Morgan fingerprint density at radius 2 is 1.79 bits per heavy atom. The van der Waals surface area contributed by atoms with Gasteiger partial charge in [-0.3, -0.25) is 0 Å². The van der Waals surface area contributed by atoms with Crippen LogP contribution in [0, 0.1) is 6.92 Å². The molecule has 0 N–H and O–H groups in total. The lowest BCUT2D eigenvalue weighted by Crippen LogP contribution is -2.42. The van der Waals surface area contributed by atoms with Crippen molar-refractivity contribution in [3.63, 3.8) is 0 Å². The SMILES string of the molecule is Cc1ccc(C2CN(S(=O)(=O)Cc3ccc(Cl)cc3)CCO2)cc1. The molecule has 0 spiro atoms. The van der Waals surface area contributed by atoms with Crippen molar-refractivity contribution in [3.05, 3.63) is 70.2 Å². The lowest BCUT2D eigenvalue weighted by molar-refractivity contribution is -0.00260.